The standard InChI is InChI=1S/C20H26N2O3S/c1-3-26-18-17(16-7-5-15(2)6-8-16)19(23)22(20(18)24)10-4-9-21-11-13-25-14-12-21/h5-8H,3-4,9-14H2,1-2H3. The van der Waals surface area contributed by atoms with Crippen molar-refractivity contribution in [1.29, 1.82) is 0 Å². The van der Waals surface area contributed by atoms with E-state index < -0.39 is 0 Å². The highest BCUT2D eigenvalue weighted by molar-refractivity contribution is 8.04. The largest absolute Gasteiger partial charge is 0.379 e. The van der Waals surface area contributed by atoms with Gasteiger partial charge in [0.1, 0.15) is 0 Å². The van der Waals surface area contributed by atoms with Crippen LogP contribution < -0.4 is 0 Å². The molecule has 1 fully saturated rings. The van der Waals surface area contributed by atoms with Gasteiger partial charge in [-0.25, -0.2) is 0 Å². The lowest BCUT2D eigenvalue weighted by atomic mass is 10.0. The van der Waals surface area contributed by atoms with E-state index in [4.69, 9.17) is 4.74 Å². The fraction of sp³-hybridized carbons (Fsp3) is 0.500. The van der Waals surface area contributed by atoms with Crippen molar-refractivity contribution < 1.29 is 14.3 Å². The van der Waals surface area contributed by atoms with E-state index in [0.29, 0.717) is 17.0 Å². The van der Waals surface area contributed by atoms with Crippen LogP contribution in [-0.4, -0.2) is 66.8 Å². The number of benzene rings is 1. The first-order valence-corrected chi connectivity index (χ1v) is 10.2. The highest BCUT2D eigenvalue weighted by Gasteiger charge is 2.38. The van der Waals surface area contributed by atoms with Gasteiger partial charge in [0.05, 0.1) is 23.7 Å². The van der Waals surface area contributed by atoms with Crippen LogP contribution in [0.4, 0.5) is 0 Å². The van der Waals surface area contributed by atoms with E-state index in [1.54, 1.807) is 0 Å². The van der Waals surface area contributed by atoms with Crippen molar-refractivity contribution in [2.75, 3.05) is 45.1 Å². The molecule has 0 atom stereocenters. The van der Waals surface area contributed by atoms with Gasteiger partial charge in [-0.2, -0.15) is 0 Å². The molecule has 0 aliphatic carbocycles. The van der Waals surface area contributed by atoms with E-state index in [1.807, 2.05) is 38.1 Å². The summed E-state index contributed by atoms with van der Waals surface area (Å²) in [7, 11) is 0. The molecule has 26 heavy (non-hydrogen) atoms. The van der Waals surface area contributed by atoms with Gasteiger partial charge < -0.3 is 4.74 Å². The van der Waals surface area contributed by atoms with Crippen molar-refractivity contribution >= 4 is 29.1 Å². The van der Waals surface area contributed by atoms with Crippen molar-refractivity contribution in [3.8, 4) is 0 Å². The molecule has 1 aromatic carbocycles. The molecule has 0 N–H and O–H groups in total. The SMILES string of the molecule is CCSC1=C(c2ccc(C)cc2)C(=O)N(CCCN2CCOCC2)C1=O. The minimum Gasteiger partial charge on any atom is -0.379 e. The molecule has 0 saturated carbocycles. The molecule has 3 rings (SSSR count). The molecule has 140 valence electrons. The predicted molar refractivity (Wildman–Crippen MR) is 105 cm³/mol. The number of nitrogens with zero attached hydrogens (tertiary/aromatic N) is 2. The third-order valence-corrected chi connectivity index (χ3v) is 5.67. The summed E-state index contributed by atoms with van der Waals surface area (Å²) in [5.41, 5.74) is 2.53. The van der Waals surface area contributed by atoms with E-state index in [9.17, 15) is 9.59 Å². The van der Waals surface area contributed by atoms with Gasteiger partial charge in [0.15, 0.2) is 0 Å². The van der Waals surface area contributed by atoms with Crippen LogP contribution in [0.15, 0.2) is 29.2 Å². The highest BCUT2D eigenvalue weighted by atomic mass is 32.2. The van der Waals surface area contributed by atoms with Gasteiger partial charge in [-0.05, 0) is 24.7 Å². The summed E-state index contributed by atoms with van der Waals surface area (Å²) < 4.78 is 5.36. The maximum absolute atomic E-state index is 13.0. The molecule has 1 aromatic rings. The molecule has 0 bridgehead atoms. The number of thioether (sulfide) groups is 1. The molecule has 0 unspecified atom stereocenters. The van der Waals surface area contributed by atoms with Gasteiger partial charge in [-0.3, -0.25) is 19.4 Å². The number of amides is 2. The van der Waals surface area contributed by atoms with Crippen molar-refractivity contribution in [3.05, 3.63) is 40.3 Å². The Kier molecular flexibility index (Phi) is 6.51. The van der Waals surface area contributed by atoms with Gasteiger partial charge >= 0.3 is 0 Å². The quantitative estimate of drug-likeness (QED) is 0.687. The maximum Gasteiger partial charge on any atom is 0.267 e. The van der Waals surface area contributed by atoms with Crippen LogP contribution in [0.1, 0.15) is 24.5 Å². The first-order chi connectivity index (χ1) is 12.6. The maximum atomic E-state index is 13.0. The van der Waals surface area contributed by atoms with E-state index in [1.165, 1.54) is 16.7 Å². The monoisotopic (exact) mass is 374 g/mol. The van der Waals surface area contributed by atoms with Gasteiger partial charge in [0.2, 0.25) is 0 Å². The highest BCUT2D eigenvalue weighted by Crippen LogP contribution is 2.36. The lowest BCUT2D eigenvalue weighted by Crippen LogP contribution is -2.39. The molecule has 6 heteroatoms. The number of carbonyl (C=O) groups excluding carboxylic acids is 2. The second kappa shape index (κ2) is 8.84. The summed E-state index contributed by atoms with van der Waals surface area (Å²) in [6, 6.07) is 7.83. The molecule has 2 amide bonds. The first kappa shape index (κ1) is 19.1. The minimum atomic E-state index is -0.156. The zero-order valence-electron chi connectivity index (χ0n) is 15.5. The molecule has 0 spiro atoms. The number of imide groups is 1. The summed E-state index contributed by atoms with van der Waals surface area (Å²) in [5.74, 6) is 0.474. The third-order valence-electron chi connectivity index (χ3n) is 4.71. The molecule has 2 aliphatic rings. The Morgan fingerprint density at radius 2 is 1.73 bits per heavy atom. The Balaban J connectivity index is 1.70. The Hall–Kier alpha value is -1.63. The van der Waals surface area contributed by atoms with E-state index in [-0.39, 0.29) is 11.8 Å². The lowest BCUT2D eigenvalue weighted by molar-refractivity contribution is -0.136. The fourth-order valence-electron chi connectivity index (χ4n) is 3.29. The van der Waals surface area contributed by atoms with Crippen LogP contribution in [0.5, 0.6) is 0 Å². The van der Waals surface area contributed by atoms with Crippen LogP contribution in [0.25, 0.3) is 5.57 Å². The van der Waals surface area contributed by atoms with E-state index >= 15 is 0 Å². The molecule has 0 radical (unpaired) electrons. The topological polar surface area (TPSA) is 49.9 Å². The fourth-order valence-corrected chi connectivity index (χ4v) is 4.16. The molecular weight excluding hydrogens is 348 g/mol. The smallest absolute Gasteiger partial charge is 0.267 e. The second-order valence-electron chi connectivity index (χ2n) is 6.57. The van der Waals surface area contributed by atoms with Gasteiger partial charge in [0, 0.05) is 26.2 Å². The average molecular weight is 375 g/mol. The lowest BCUT2D eigenvalue weighted by Gasteiger charge is -2.27. The number of rotatable bonds is 7. The summed E-state index contributed by atoms with van der Waals surface area (Å²) in [5, 5.41) is 0. The molecule has 1 saturated heterocycles. The van der Waals surface area contributed by atoms with Crippen LogP contribution in [0, 0.1) is 6.92 Å². The van der Waals surface area contributed by atoms with Crippen LogP contribution in [0.2, 0.25) is 0 Å². The van der Waals surface area contributed by atoms with Crippen LogP contribution in [0.3, 0.4) is 0 Å². The van der Waals surface area contributed by atoms with Gasteiger partial charge in [0.25, 0.3) is 11.8 Å². The average Bonchev–Trinajstić information content (AvgIpc) is 2.88. The van der Waals surface area contributed by atoms with Crippen LogP contribution >= 0.6 is 11.8 Å². The van der Waals surface area contributed by atoms with Crippen LogP contribution in [-0.2, 0) is 14.3 Å². The number of ether oxygens (including phenoxy) is 1. The van der Waals surface area contributed by atoms with Gasteiger partial charge in [-0.1, -0.05) is 36.8 Å². The number of aryl methyl sites for hydroxylation is 1. The zero-order chi connectivity index (χ0) is 18.5. The Morgan fingerprint density at radius 1 is 1.04 bits per heavy atom. The molecule has 2 heterocycles. The van der Waals surface area contributed by atoms with E-state index in [0.717, 1.165) is 56.1 Å². The van der Waals surface area contributed by atoms with Crippen molar-refractivity contribution in [1.82, 2.24) is 9.80 Å². The summed E-state index contributed by atoms with van der Waals surface area (Å²) in [6.07, 6.45) is 0.794. The number of hydrogen-bond donors (Lipinski definition) is 0. The third kappa shape index (κ3) is 4.19. The zero-order valence-corrected chi connectivity index (χ0v) is 16.3. The normalized spacial score (nSPS) is 18.9. The Bertz CT molecular complexity index is 694. The Labute approximate surface area is 159 Å². The number of carbonyl (C=O) groups is 2. The van der Waals surface area contributed by atoms with Crippen molar-refractivity contribution in [3.63, 3.8) is 0 Å². The molecule has 5 nitrogen and oxygen atoms in total. The second-order valence-corrected chi connectivity index (χ2v) is 7.85. The Morgan fingerprint density at radius 3 is 2.38 bits per heavy atom. The summed E-state index contributed by atoms with van der Waals surface area (Å²) in [6.45, 7) is 8.74. The predicted octanol–water partition coefficient (Wildman–Crippen LogP) is 2.55. The number of hydrogen-bond acceptors (Lipinski definition) is 5. The molecule has 2 aliphatic heterocycles. The molecular formula is C20H26N2O3S. The summed E-state index contributed by atoms with van der Waals surface area (Å²) >= 11 is 1.46. The van der Waals surface area contributed by atoms with Crippen molar-refractivity contribution in [2.45, 2.75) is 20.3 Å². The minimum absolute atomic E-state index is 0.139. The van der Waals surface area contributed by atoms with Crippen molar-refractivity contribution in [2.24, 2.45) is 0 Å². The van der Waals surface area contributed by atoms with Gasteiger partial charge in [-0.15, -0.1) is 11.8 Å². The first-order valence-electron chi connectivity index (χ1n) is 9.22. The van der Waals surface area contributed by atoms with E-state index in [2.05, 4.69) is 4.90 Å². The number of morpholine rings is 1. The molecule has 0 aromatic heterocycles. The summed E-state index contributed by atoms with van der Waals surface area (Å²) in [4.78, 5) is 30.1.